The Labute approximate surface area is 158 Å². The van der Waals surface area contributed by atoms with E-state index in [0.717, 1.165) is 18.4 Å². The molecule has 1 fully saturated rings. The Morgan fingerprint density at radius 3 is 2.63 bits per heavy atom. The Hall–Kier alpha value is -3.06. The molecule has 0 spiro atoms. The zero-order chi connectivity index (χ0) is 19.1. The lowest BCUT2D eigenvalue weighted by atomic mass is 10.2. The third-order valence-corrected chi connectivity index (χ3v) is 4.20. The highest BCUT2D eigenvalue weighted by Gasteiger charge is 2.23. The standard InChI is InChI=1S/C20H23N3O4/c1-26-17-8-3-7-16(12-17)23-20(25)21-13-14-5-2-6-15(11-14)22-19(24)18-9-4-10-27-18/h2-3,5-8,11-12,18H,4,9-10,13H2,1H3,(H,22,24)(H2,21,23,25)/t18-/m0/s1. The van der Waals surface area contributed by atoms with Gasteiger partial charge >= 0.3 is 6.03 Å². The number of carbonyl (C=O) groups excluding carboxylic acids is 2. The number of nitrogens with one attached hydrogen (secondary N) is 3. The quantitative estimate of drug-likeness (QED) is 0.730. The topological polar surface area (TPSA) is 88.7 Å². The van der Waals surface area contributed by atoms with E-state index in [2.05, 4.69) is 16.0 Å². The molecular formula is C20H23N3O4. The van der Waals surface area contributed by atoms with Gasteiger partial charge in [-0.1, -0.05) is 18.2 Å². The van der Waals surface area contributed by atoms with Crippen LogP contribution in [0.15, 0.2) is 48.5 Å². The first-order valence-corrected chi connectivity index (χ1v) is 8.84. The maximum atomic E-state index is 12.1. The van der Waals surface area contributed by atoms with Crippen LogP contribution in [0.2, 0.25) is 0 Å². The van der Waals surface area contributed by atoms with Crippen molar-refractivity contribution in [3.05, 3.63) is 54.1 Å². The summed E-state index contributed by atoms with van der Waals surface area (Å²) in [4.78, 5) is 24.2. The summed E-state index contributed by atoms with van der Waals surface area (Å²) in [6.45, 7) is 0.962. The highest BCUT2D eigenvalue weighted by Crippen LogP contribution is 2.17. The van der Waals surface area contributed by atoms with Crippen molar-refractivity contribution in [2.75, 3.05) is 24.4 Å². The molecule has 7 nitrogen and oxygen atoms in total. The van der Waals surface area contributed by atoms with Crippen LogP contribution >= 0.6 is 0 Å². The smallest absolute Gasteiger partial charge is 0.319 e. The fourth-order valence-corrected chi connectivity index (χ4v) is 2.82. The number of rotatable bonds is 6. The van der Waals surface area contributed by atoms with Gasteiger partial charge in [-0.2, -0.15) is 0 Å². The lowest BCUT2D eigenvalue weighted by Crippen LogP contribution is -2.28. The van der Waals surface area contributed by atoms with E-state index < -0.39 is 0 Å². The summed E-state index contributed by atoms with van der Waals surface area (Å²) in [7, 11) is 1.57. The Balaban J connectivity index is 1.51. The highest BCUT2D eigenvalue weighted by atomic mass is 16.5. The first kappa shape index (κ1) is 18.7. The van der Waals surface area contributed by atoms with E-state index in [4.69, 9.17) is 9.47 Å². The normalized spacial score (nSPS) is 15.8. The fourth-order valence-electron chi connectivity index (χ4n) is 2.82. The zero-order valence-corrected chi connectivity index (χ0v) is 15.2. The number of carbonyl (C=O) groups is 2. The molecule has 2 aromatic rings. The van der Waals surface area contributed by atoms with Gasteiger partial charge in [0.1, 0.15) is 11.9 Å². The zero-order valence-electron chi connectivity index (χ0n) is 15.2. The van der Waals surface area contributed by atoms with Crippen molar-refractivity contribution >= 4 is 23.3 Å². The molecule has 2 aromatic carbocycles. The van der Waals surface area contributed by atoms with Gasteiger partial charge in [-0.25, -0.2) is 4.79 Å². The second-order valence-corrected chi connectivity index (χ2v) is 6.23. The average Bonchev–Trinajstić information content (AvgIpc) is 3.22. The number of benzene rings is 2. The van der Waals surface area contributed by atoms with Gasteiger partial charge in [0.05, 0.1) is 7.11 Å². The van der Waals surface area contributed by atoms with Crippen molar-refractivity contribution in [3.63, 3.8) is 0 Å². The van der Waals surface area contributed by atoms with E-state index in [1.54, 1.807) is 31.4 Å². The number of amides is 3. The first-order chi connectivity index (χ1) is 13.1. The predicted molar refractivity (Wildman–Crippen MR) is 103 cm³/mol. The van der Waals surface area contributed by atoms with Crippen LogP contribution in [0.25, 0.3) is 0 Å². The van der Waals surface area contributed by atoms with Gasteiger partial charge in [0.2, 0.25) is 0 Å². The minimum absolute atomic E-state index is 0.131. The Kier molecular flexibility index (Phi) is 6.27. The van der Waals surface area contributed by atoms with E-state index >= 15 is 0 Å². The molecule has 1 saturated heterocycles. The van der Waals surface area contributed by atoms with Crippen LogP contribution in [0, 0.1) is 0 Å². The van der Waals surface area contributed by atoms with Gasteiger partial charge in [-0.05, 0) is 42.7 Å². The van der Waals surface area contributed by atoms with Crippen LogP contribution in [0.4, 0.5) is 16.2 Å². The molecule has 7 heteroatoms. The second-order valence-electron chi connectivity index (χ2n) is 6.23. The molecule has 27 heavy (non-hydrogen) atoms. The molecular weight excluding hydrogens is 346 g/mol. The van der Waals surface area contributed by atoms with E-state index in [1.165, 1.54) is 0 Å². The van der Waals surface area contributed by atoms with Gasteiger partial charge in [-0.15, -0.1) is 0 Å². The van der Waals surface area contributed by atoms with E-state index in [0.29, 0.717) is 30.3 Å². The molecule has 1 atom stereocenters. The molecule has 1 aliphatic heterocycles. The maximum Gasteiger partial charge on any atom is 0.319 e. The molecule has 142 valence electrons. The molecule has 1 heterocycles. The lowest BCUT2D eigenvalue weighted by Gasteiger charge is -2.12. The number of hydrogen-bond donors (Lipinski definition) is 3. The van der Waals surface area contributed by atoms with E-state index in [9.17, 15) is 9.59 Å². The fraction of sp³-hybridized carbons (Fsp3) is 0.300. The average molecular weight is 369 g/mol. The highest BCUT2D eigenvalue weighted by molar-refractivity contribution is 5.94. The summed E-state index contributed by atoms with van der Waals surface area (Å²) in [5, 5.41) is 8.41. The van der Waals surface area contributed by atoms with Crippen LogP contribution in [0.3, 0.4) is 0 Å². The van der Waals surface area contributed by atoms with Gasteiger partial charge in [0, 0.05) is 30.6 Å². The summed E-state index contributed by atoms with van der Waals surface area (Å²) < 4.78 is 10.5. The molecule has 3 amide bonds. The van der Waals surface area contributed by atoms with Crippen molar-refractivity contribution in [2.24, 2.45) is 0 Å². The minimum Gasteiger partial charge on any atom is -0.497 e. The summed E-state index contributed by atoms with van der Waals surface area (Å²) in [6.07, 6.45) is 1.28. The summed E-state index contributed by atoms with van der Waals surface area (Å²) in [6, 6.07) is 14.2. The Morgan fingerprint density at radius 2 is 1.89 bits per heavy atom. The summed E-state index contributed by atoms with van der Waals surface area (Å²) in [5.41, 5.74) is 2.20. The lowest BCUT2D eigenvalue weighted by molar-refractivity contribution is -0.124. The van der Waals surface area contributed by atoms with Gasteiger partial charge in [0.25, 0.3) is 5.91 Å². The second kappa shape index (κ2) is 9.05. The molecule has 0 unspecified atom stereocenters. The molecule has 3 rings (SSSR count). The first-order valence-electron chi connectivity index (χ1n) is 8.84. The number of anilines is 2. The third-order valence-electron chi connectivity index (χ3n) is 4.20. The van der Waals surface area contributed by atoms with Crippen LogP contribution < -0.4 is 20.7 Å². The Morgan fingerprint density at radius 1 is 1.11 bits per heavy atom. The molecule has 1 aliphatic rings. The molecule has 0 aliphatic carbocycles. The van der Waals surface area contributed by atoms with Crippen LogP contribution in [-0.2, 0) is 16.1 Å². The molecule has 0 aromatic heterocycles. The molecule has 0 saturated carbocycles. The molecule has 0 radical (unpaired) electrons. The SMILES string of the molecule is COc1cccc(NC(=O)NCc2cccc(NC(=O)[C@@H]3CCCO3)c2)c1. The maximum absolute atomic E-state index is 12.1. The van der Waals surface area contributed by atoms with Gasteiger partial charge in [-0.3, -0.25) is 4.79 Å². The number of methoxy groups -OCH3 is 1. The molecule has 3 N–H and O–H groups in total. The van der Waals surface area contributed by atoms with E-state index in [1.807, 2.05) is 24.3 Å². The monoisotopic (exact) mass is 369 g/mol. The summed E-state index contributed by atoms with van der Waals surface area (Å²) >= 11 is 0. The van der Waals surface area contributed by atoms with Crippen molar-refractivity contribution in [3.8, 4) is 5.75 Å². The molecule has 0 bridgehead atoms. The minimum atomic E-state index is -0.375. The van der Waals surface area contributed by atoms with Gasteiger partial charge < -0.3 is 25.4 Å². The largest absolute Gasteiger partial charge is 0.497 e. The third kappa shape index (κ3) is 5.46. The predicted octanol–water partition coefficient (Wildman–Crippen LogP) is 3.13. The number of hydrogen-bond acceptors (Lipinski definition) is 4. The number of urea groups is 1. The van der Waals surface area contributed by atoms with Crippen LogP contribution in [-0.4, -0.2) is 31.8 Å². The summed E-state index contributed by atoms with van der Waals surface area (Å²) in [5.74, 6) is 0.538. The van der Waals surface area contributed by atoms with Gasteiger partial charge in [0.15, 0.2) is 0 Å². The van der Waals surface area contributed by atoms with Crippen molar-refractivity contribution < 1.29 is 19.1 Å². The van der Waals surface area contributed by atoms with Crippen LogP contribution in [0.1, 0.15) is 18.4 Å². The van der Waals surface area contributed by atoms with Crippen molar-refractivity contribution in [1.82, 2.24) is 5.32 Å². The van der Waals surface area contributed by atoms with Crippen molar-refractivity contribution in [2.45, 2.75) is 25.5 Å². The van der Waals surface area contributed by atoms with Crippen LogP contribution in [0.5, 0.6) is 5.75 Å². The Bertz CT molecular complexity index is 803. The van der Waals surface area contributed by atoms with Crippen molar-refractivity contribution in [1.29, 1.82) is 0 Å². The van der Waals surface area contributed by atoms with E-state index in [-0.39, 0.29) is 18.0 Å². The number of ether oxygens (including phenoxy) is 2.